The minimum atomic E-state index is 0.666. The van der Waals surface area contributed by atoms with Gasteiger partial charge in [0, 0.05) is 16.5 Å². The van der Waals surface area contributed by atoms with Crippen molar-refractivity contribution in [3.63, 3.8) is 0 Å². The lowest BCUT2D eigenvalue weighted by Crippen LogP contribution is -2.54. The van der Waals surface area contributed by atoms with Crippen LogP contribution in [-0.4, -0.2) is 16.5 Å². The summed E-state index contributed by atoms with van der Waals surface area (Å²) < 4.78 is 0.929. The first kappa shape index (κ1) is 11.1. The first-order valence-corrected chi connectivity index (χ1v) is 7.14. The van der Waals surface area contributed by atoms with E-state index in [0.29, 0.717) is 6.04 Å². The normalized spacial score (nSPS) is 45.0. The summed E-state index contributed by atoms with van der Waals surface area (Å²) in [6.07, 6.45) is 7.15. The van der Waals surface area contributed by atoms with Crippen LogP contribution in [0.25, 0.3) is 0 Å². The molecular formula is C11H21IN2. The van der Waals surface area contributed by atoms with Crippen LogP contribution < -0.4 is 10.9 Å². The van der Waals surface area contributed by atoms with Gasteiger partial charge in [0.1, 0.15) is 0 Å². The van der Waals surface area contributed by atoms with E-state index in [4.69, 9.17) is 0 Å². The summed E-state index contributed by atoms with van der Waals surface area (Å²) in [7, 11) is 0. The van der Waals surface area contributed by atoms with Gasteiger partial charge in [-0.3, -0.25) is 10.9 Å². The fraction of sp³-hybridized carbons (Fsp3) is 1.00. The maximum absolute atomic E-state index is 3.39. The zero-order chi connectivity index (χ0) is 9.97. The number of nitrogens with one attached hydrogen (secondary N) is 2. The molecule has 1 saturated carbocycles. The third-order valence-corrected chi connectivity index (χ3v) is 5.09. The topological polar surface area (TPSA) is 24.1 Å². The lowest BCUT2D eigenvalue weighted by Gasteiger charge is -2.39. The summed E-state index contributed by atoms with van der Waals surface area (Å²) in [6.45, 7) is 3.51. The molecule has 0 aromatic rings. The van der Waals surface area contributed by atoms with Crippen LogP contribution in [-0.2, 0) is 0 Å². The zero-order valence-electron chi connectivity index (χ0n) is 8.93. The molecule has 0 bridgehead atoms. The van der Waals surface area contributed by atoms with Gasteiger partial charge in [-0.05, 0) is 44.4 Å². The van der Waals surface area contributed by atoms with Crippen LogP contribution >= 0.6 is 22.6 Å². The molecule has 1 heterocycles. The fourth-order valence-electron chi connectivity index (χ4n) is 2.93. The maximum atomic E-state index is 3.39. The van der Waals surface area contributed by atoms with Crippen LogP contribution in [0.1, 0.15) is 39.0 Å². The Morgan fingerprint density at radius 3 is 2.86 bits per heavy atom. The van der Waals surface area contributed by atoms with Gasteiger partial charge in [-0.25, -0.2) is 0 Å². The van der Waals surface area contributed by atoms with Gasteiger partial charge in [-0.2, -0.15) is 0 Å². The van der Waals surface area contributed by atoms with Gasteiger partial charge in [0.05, 0.1) is 0 Å². The second-order valence-corrected chi connectivity index (χ2v) is 6.60. The summed E-state index contributed by atoms with van der Waals surface area (Å²) >= 11 is 2.63. The highest BCUT2D eigenvalue weighted by molar-refractivity contribution is 14.1. The molecule has 1 aliphatic carbocycles. The van der Waals surface area contributed by atoms with Gasteiger partial charge in [-0.1, -0.05) is 29.0 Å². The molecule has 0 aromatic carbocycles. The minimum Gasteiger partial charge on any atom is -0.257 e. The Morgan fingerprint density at radius 1 is 1.14 bits per heavy atom. The van der Waals surface area contributed by atoms with E-state index in [9.17, 15) is 0 Å². The van der Waals surface area contributed by atoms with E-state index < -0.39 is 0 Å². The summed E-state index contributed by atoms with van der Waals surface area (Å²) in [6, 6.07) is 0.666. The highest BCUT2D eigenvalue weighted by Crippen LogP contribution is 2.33. The number of rotatable bonds is 0. The first-order valence-electron chi connectivity index (χ1n) is 5.90. The van der Waals surface area contributed by atoms with E-state index in [-0.39, 0.29) is 0 Å². The van der Waals surface area contributed by atoms with Crippen molar-refractivity contribution in [3.05, 3.63) is 0 Å². The molecule has 0 amide bonds. The van der Waals surface area contributed by atoms with E-state index in [1.807, 2.05) is 0 Å². The second-order valence-electron chi connectivity index (χ2n) is 4.84. The van der Waals surface area contributed by atoms with Gasteiger partial charge in [-0.15, -0.1) is 0 Å². The van der Waals surface area contributed by atoms with Crippen LogP contribution in [0.15, 0.2) is 0 Å². The number of alkyl halides is 1. The molecule has 2 aliphatic rings. The first-order chi connectivity index (χ1) is 6.77. The third-order valence-electron chi connectivity index (χ3n) is 3.85. The Balaban J connectivity index is 1.96. The Labute approximate surface area is 101 Å². The molecule has 2 nitrogen and oxygen atoms in total. The number of hydrogen-bond acceptors (Lipinski definition) is 2. The predicted octanol–water partition coefficient (Wildman–Crippen LogP) is 2.48. The molecule has 2 N–H and O–H groups in total. The van der Waals surface area contributed by atoms with Crippen LogP contribution in [0.4, 0.5) is 0 Å². The van der Waals surface area contributed by atoms with Gasteiger partial charge < -0.3 is 0 Å². The molecule has 82 valence electrons. The fourth-order valence-corrected chi connectivity index (χ4v) is 3.73. The Bertz CT molecular complexity index is 186. The summed E-state index contributed by atoms with van der Waals surface area (Å²) in [5, 5.41) is 0. The molecule has 2 rings (SSSR count). The Hall–Kier alpha value is 0.650. The number of fused-ring (bicyclic) bond motifs is 1. The van der Waals surface area contributed by atoms with Gasteiger partial charge in [0.25, 0.3) is 0 Å². The predicted molar refractivity (Wildman–Crippen MR) is 68.5 cm³/mol. The molecule has 0 aromatic heterocycles. The quantitative estimate of drug-likeness (QED) is 0.531. The van der Waals surface area contributed by atoms with Crippen molar-refractivity contribution in [3.8, 4) is 0 Å². The minimum absolute atomic E-state index is 0.666. The van der Waals surface area contributed by atoms with E-state index >= 15 is 0 Å². The molecule has 4 atom stereocenters. The highest BCUT2D eigenvalue weighted by atomic mass is 127. The molecule has 3 heteroatoms. The van der Waals surface area contributed by atoms with Crippen LogP contribution in [0, 0.1) is 11.8 Å². The smallest absolute Gasteiger partial charge is 0.0216 e. The van der Waals surface area contributed by atoms with Crippen molar-refractivity contribution >= 4 is 22.6 Å². The second kappa shape index (κ2) is 5.12. The Kier molecular flexibility index (Phi) is 4.08. The van der Waals surface area contributed by atoms with Crippen LogP contribution in [0.3, 0.4) is 0 Å². The van der Waals surface area contributed by atoms with E-state index in [1.54, 1.807) is 0 Å². The lowest BCUT2D eigenvalue weighted by atomic mass is 9.77. The third kappa shape index (κ3) is 2.61. The van der Waals surface area contributed by atoms with Gasteiger partial charge >= 0.3 is 0 Å². The highest BCUT2D eigenvalue weighted by Gasteiger charge is 2.31. The van der Waals surface area contributed by atoms with Crippen LogP contribution in [0.2, 0.25) is 0 Å². The Morgan fingerprint density at radius 2 is 2.00 bits per heavy atom. The average molecular weight is 308 g/mol. The number of hydrogen-bond donors (Lipinski definition) is 2. The summed E-state index contributed by atoms with van der Waals surface area (Å²) in [5.41, 5.74) is 6.73. The van der Waals surface area contributed by atoms with E-state index in [2.05, 4.69) is 40.4 Å². The molecule has 4 unspecified atom stereocenters. The molecule has 0 radical (unpaired) electrons. The SMILES string of the molecule is CC1NNCC2CCC(I)CCCC21. The molecule has 1 saturated heterocycles. The summed E-state index contributed by atoms with van der Waals surface area (Å²) in [4.78, 5) is 0. The summed E-state index contributed by atoms with van der Waals surface area (Å²) in [5.74, 6) is 1.84. The van der Waals surface area contributed by atoms with Crippen molar-refractivity contribution in [2.45, 2.75) is 49.0 Å². The van der Waals surface area contributed by atoms with E-state index in [1.165, 1.54) is 38.6 Å². The number of hydrazine groups is 1. The molecule has 2 fully saturated rings. The molecule has 14 heavy (non-hydrogen) atoms. The van der Waals surface area contributed by atoms with Crippen molar-refractivity contribution in [2.24, 2.45) is 11.8 Å². The molecular weight excluding hydrogens is 287 g/mol. The van der Waals surface area contributed by atoms with Gasteiger partial charge in [0.15, 0.2) is 0 Å². The largest absolute Gasteiger partial charge is 0.257 e. The van der Waals surface area contributed by atoms with Crippen LogP contribution in [0.5, 0.6) is 0 Å². The monoisotopic (exact) mass is 308 g/mol. The zero-order valence-corrected chi connectivity index (χ0v) is 11.1. The van der Waals surface area contributed by atoms with E-state index in [0.717, 1.165) is 15.8 Å². The maximum Gasteiger partial charge on any atom is 0.0216 e. The van der Waals surface area contributed by atoms with Crippen molar-refractivity contribution in [1.82, 2.24) is 10.9 Å². The van der Waals surface area contributed by atoms with Crippen molar-refractivity contribution < 1.29 is 0 Å². The molecule has 1 aliphatic heterocycles. The average Bonchev–Trinajstić information content (AvgIpc) is 2.14. The van der Waals surface area contributed by atoms with Crippen molar-refractivity contribution in [1.29, 1.82) is 0 Å². The standard InChI is InChI=1S/C11H21IN2/c1-8-11-4-2-3-10(12)6-5-9(11)7-13-14-8/h8-11,13-14H,2-7H2,1H3. The van der Waals surface area contributed by atoms with Crippen molar-refractivity contribution in [2.75, 3.05) is 6.54 Å². The lowest BCUT2D eigenvalue weighted by molar-refractivity contribution is 0.144. The molecule has 0 spiro atoms. The van der Waals surface area contributed by atoms with Gasteiger partial charge in [0.2, 0.25) is 0 Å². The number of halogens is 1.